The fourth-order valence-electron chi connectivity index (χ4n) is 4.01. The zero-order chi connectivity index (χ0) is 27.0. The van der Waals surface area contributed by atoms with E-state index in [1.807, 2.05) is 82.3 Å². The van der Waals surface area contributed by atoms with Crippen molar-refractivity contribution >= 4 is 35.2 Å². The van der Waals surface area contributed by atoms with Gasteiger partial charge in [-0.25, -0.2) is 4.39 Å². The molecule has 0 aliphatic carbocycles. The third-order valence-electron chi connectivity index (χ3n) is 5.74. The number of rotatable bonds is 10. The van der Waals surface area contributed by atoms with Gasteiger partial charge in [0.15, 0.2) is 0 Å². The molecule has 37 heavy (non-hydrogen) atoms. The number of halogens is 2. The molecule has 4 nitrogen and oxygen atoms in total. The van der Waals surface area contributed by atoms with Gasteiger partial charge in [-0.2, -0.15) is 0 Å². The maximum atomic E-state index is 14.2. The molecule has 2 amide bonds. The van der Waals surface area contributed by atoms with E-state index >= 15 is 0 Å². The first-order chi connectivity index (χ1) is 17.5. The minimum atomic E-state index is -0.715. The number of hydrogen-bond donors (Lipinski definition) is 1. The Morgan fingerprint density at radius 2 is 1.68 bits per heavy atom. The van der Waals surface area contributed by atoms with E-state index in [-0.39, 0.29) is 29.9 Å². The summed E-state index contributed by atoms with van der Waals surface area (Å²) in [6, 6.07) is 21.5. The van der Waals surface area contributed by atoms with E-state index in [1.165, 1.54) is 17.8 Å². The van der Waals surface area contributed by atoms with Crippen molar-refractivity contribution in [1.29, 1.82) is 0 Å². The van der Waals surface area contributed by atoms with Crippen molar-refractivity contribution in [3.63, 3.8) is 0 Å². The van der Waals surface area contributed by atoms with Crippen LogP contribution in [0.5, 0.6) is 0 Å². The van der Waals surface area contributed by atoms with Crippen LogP contribution in [-0.4, -0.2) is 34.0 Å². The highest BCUT2D eigenvalue weighted by atomic mass is 35.5. The van der Waals surface area contributed by atoms with Crippen LogP contribution in [0.2, 0.25) is 5.02 Å². The predicted octanol–water partition coefficient (Wildman–Crippen LogP) is 6.58. The minimum absolute atomic E-state index is 0.0879. The predicted molar refractivity (Wildman–Crippen MR) is 151 cm³/mol. The van der Waals surface area contributed by atoms with Crippen molar-refractivity contribution in [2.45, 2.75) is 58.0 Å². The van der Waals surface area contributed by atoms with E-state index in [0.29, 0.717) is 17.0 Å². The fraction of sp³-hybridized carbons (Fsp3) is 0.333. The van der Waals surface area contributed by atoms with Gasteiger partial charge in [-0.15, -0.1) is 11.8 Å². The molecule has 0 heterocycles. The monoisotopic (exact) mass is 540 g/mol. The first-order valence-corrected chi connectivity index (χ1v) is 13.8. The number of carbonyl (C=O) groups is 2. The highest BCUT2D eigenvalue weighted by Crippen LogP contribution is 2.25. The minimum Gasteiger partial charge on any atom is -0.350 e. The Morgan fingerprint density at radius 3 is 2.32 bits per heavy atom. The lowest BCUT2D eigenvalue weighted by Crippen LogP contribution is -2.54. The van der Waals surface area contributed by atoms with Crippen LogP contribution in [0.4, 0.5) is 4.39 Å². The van der Waals surface area contributed by atoms with Crippen LogP contribution in [-0.2, 0) is 28.3 Å². The maximum absolute atomic E-state index is 14.2. The Labute approximate surface area is 228 Å². The summed E-state index contributed by atoms with van der Waals surface area (Å²) in [6.07, 6.45) is 0.379. The Bertz CT molecular complexity index is 1190. The van der Waals surface area contributed by atoms with E-state index in [9.17, 15) is 14.0 Å². The Morgan fingerprint density at radius 1 is 1.00 bits per heavy atom. The average Bonchev–Trinajstić information content (AvgIpc) is 2.82. The summed E-state index contributed by atoms with van der Waals surface area (Å²) in [4.78, 5) is 28.9. The van der Waals surface area contributed by atoms with Crippen molar-refractivity contribution in [3.8, 4) is 0 Å². The lowest BCUT2D eigenvalue weighted by molar-refractivity contribution is -0.140. The number of benzene rings is 3. The second kappa shape index (κ2) is 13.1. The Kier molecular flexibility index (Phi) is 10.2. The molecule has 3 rings (SSSR count). The van der Waals surface area contributed by atoms with Crippen LogP contribution >= 0.6 is 23.4 Å². The van der Waals surface area contributed by atoms with Crippen molar-refractivity contribution in [2.24, 2.45) is 0 Å². The largest absolute Gasteiger partial charge is 0.350 e. The maximum Gasteiger partial charge on any atom is 0.243 e. The van der Waals surface area contributed by atoms with E-state index < -0.39 is 17.4 Å². The summed E-state index contributed by atoms with van der Waals surface area (Å²) >= 11 is 7.46. The lowest BCUT2D eigenvalue weighted by atomic mass is 10.0. The molecule has 0 bridgehead atoms. The molecule has 0 spiro atoms. The molecule has 3 aromatic carbocycles. The molecule has 0 saturated heterocycles. The van der Waals surface area contributed by atoms with Crippen LogP contribution in [0.3, 0.4) is 0 Å². The SMILES string of the molecule is Cc1cccc(CN(C(=O)CSCc2c(F)cccc2Cl)[C@@H](Cc2ccccc2)C(=O)NC(C)(C)C)c1. The van der Waals surface area contributed by atoms with Crippen molar-refractivity contribution in [2.75, 3.05) is 5.75 Å². The molecule has 0 aromatic heterocycles. The first-order valence-electron chi connectivity index (χ1n) is 12.2. The van der Waals surface area contributed by atoms with E-state index in [0.717, 1.165) is 16.7 Å². The van der Waals surface area contributed by atoms with E-state index in [4.69, 9.17) is 11.6 Å². The van der Waals surface area contributed by atoms with Crippen LogP contribution in [0.15, 0.2) is 72.8 Å². The normalized spacial score (nSPS) is 12.2. The molecule has 0 radical (unpaired) electrons. The summed E-state index contributed by atoms with van der Waals surface area (Å²) < 4.78 is 14.2. The Hall–Kier alpha value is -2.83. The van der Waals surface area contributed by atoms with Gasteiger partial charge in [-0.05, 0) is 51.0 Å². The smallest absolute Gasteiger partial charge is 0.243 e. The quantitative estimate of drug-likeness (QED) is 0.316. The third kappa shape index (κ3) is 8.90. The molecule has 0 saturated carbocycles. The Balaban J connectivity index is 1.89. The molecule has 3 aromatic rings. The fourth-order valence-corrected chi connectivity index (χ4v) is 5.26. The average molecular weight is 541 g/mol. The number of amides is 2. The molecule has 0 fully saturated rings. The number of nitrogens with one attached hydrogen (secondary N) is 1. The van der Waals surface area contributed by atoms with Gasteiger partial charge in [0.1, 0.15) is 11.9 Å². The summed E-state index contributed by atoms with van der Waals surface area (Å²) in [5, 5.41) is 3.40. The number of nitrogens with zero attached hydrogens (tertiary/aromatic N) is 1. The zero-order valence-corrected chi connectivity index (χ0v) is 23.3. The number of hydrogen-bond acceptors (Lipinski definition) is 3. The standard InChI is InChI=1S/C30H34ClFN2O2S/c1-21-10-8-13-23(16-21)18-34(28(35)20-37-19-24-25(31)14-9-15-26(24)32)27(29(36)33-30(2,3)4)17-22-11-6-5-7-12-22/h5-16,27H,17-20H2,1-4H3,(H,33,36)/t27-/m0/s1. The van der Waals surface area contributed by atoms with Gasteiger partial charge in [-0.3, -0.25) is 9.59 Å². The van der Waals surface area contributed by atoms with Crippen LogP contribution in [0.1, 0.15) is 43.0 Å². The molecule has 7 heteroatoms. The van der Waals surface area contributed by atoms with Gasteiger partial charge in [0.2, 0.25) is 11.8 Å². The molecule has 0 aliphatic rings. The third-order valence-corrected chi connectivity index (χ3v) is 7.04. The van der Waals surface area contributed by atoms with Gasteiger partial charge in [0.25, 0.3) is 0 Å². The number of aryl methyl sites for hydroxylation is 1. The summed E-state index contributed by atoms with van der Waals surface area (Å²) in [5.74, 6) is -0.448. The topological polar surface area (TPSA) is 49.4 Å². The summed E-state index contributed by atoms with van der Waals surface area (Å²) in [5.41, 5.74) is 2.90. The van der Waals surface area contributed by atoms with Gasteiger partial charge >= 0.3 is 0 Å². The number of thioether (sulfide) groups is 1. The van der Waals surface area contributed by atoms with Crippen molar-refractivity contribution in [1.82, 2.24) is 10.2 Å². The first kappa shape index (κ1) is 28.7. The van der Waals surface area contributed by atoms with Crippen molar-refractivity contribution in [3.05, 3.63) is 106 Å². The van der Waals surface area contributed by atoms with Gasteiger partial charge in [0, 0.05) is 34.8 Å². The highest BCUT2D eigenvalue weighted by molar-refractivity contribution is 7.99. The van der Waals surface area contributed by atoms with Gasteiger partial charge < -0.3 is 10.2 Å². The molecular weight excluding hydrogens is 507 g/mol. The molecule has 1 atom stereocenters. The molecule has 0 unspecified atom stereocenters. The molecule has 1 N–H and O–H groups in total. The lowest BCUT2D eigenvalue weighted by Gasteiger charge is -2.34. The van der Waals surface area contributed by atoms with E-state index in [2.05, 4.69) is 5.32 Å². The number of carbonyl (C=O) groups excluding carboxylic acids is 2. The van der Waals surface area contributed by atoms with Gasteiger partial charge in [-0.1, -0.05) is 77.8 Å². The molecular formula is C30H34ClFN2O2S. The summed E-state index contributed by atoms with van der Waals surface area (Å²) in [7, 11) is 0. The highest BCUT2D eigenvalue weighted by Gasteiger charge is 2.32. The molecule has 0 aliphatic heterocycles. The van der Waals surface area contributed by atoms with Crippen LogP contribution in [0, 0.1) is 12.7 Å². The second-order valence-electron chi connectivity index (χ2n) is 10.1. The second-order valence-corrected chi connectivity index (χ2v) is 11.5. The summed E-state index contributed by atoms with van der Waals surface area (Å²) in [6.45, 7) is 8.05. The van der Waals surface area contributed by atoms with Gasteiger partial charge in [0.05, 0.1) is 5.75 Å². The van der Waals surface area contributed by atoms with E-state index in [1.54, 1.807) is 17.0 Å². The van der Waals surface area contributed by atoms with Crippen LogP contribution < -0.4 is 5.32 Å². The zero-order valence-electron chi connectivity index (χ0n) is 21.8. The van der Waals surface area contributed by atoms with Crippen molar-refractivity contribution < 1.29 is 14.0 Å². The van der Waals surface area contributed by atoms with Crippen LogP contribution in [0.25, 0.3) is 0 Å². The molecule has 196 valence electrons.